The van der Waals surface area contributed by atoms with Crippen molar-refractivity contribution < 1.29 is 14.8 Å². The topological polar surface area (TPSA) is 104 Å². The van der Waals surface area contributed by atoms with Gasteiger partial charge in [0.25, 0.3) is 0 Å². The molecule has 3 N–H and O–H groups in total. The summed E-state index contributed by atoms with van der Waals surface area (Å²) in [4.78, 5) is 25.7. The Labute approximate surface area is 192 Å². The monoisotopic (exact) mass is 493 g/mol. The van der Waals surface area contributed by atoms with Crippen LogP contribution in [0.3, 0.4) is 0 Å². The smallest absolute Gasteiger partial charge is 0.250 e. The lowest BCUT2D eigenvalue weighted by Crippen LogP contribution is -2.49. The molecule has 32 heavy (non-hydrogen) atoms. The second kappa shape index (κ2) is 7.72. The van der Waals surface area contributed by atoms with Gasteiger partial charge >= 0.3 is 0 Å². The lowest BCUT2D eigenvalue weighted by molar-refractivity contribution is -0.526. The predicted molar refractivity (Wildman–Crippen MR) is 123 cm³/mol. The number of benzene rings is 3. The molecule has 4 atom stereocenters. The molecule has 8 heteroatoms. The Morgan fingerprint density at radius 2 is 1.72 bits per heavy atom. The van der Waals surface area contributed by atoms with Gasteiger partial charge in [-0.05, 0) is 47.9 Å². The molecule has 5 rings (SSSR count). The average molecular weight is 494 g/mol. The van der Waals surface area contributed by atoms with Crippen LogP contribution in [0, 0.1) is 10.1 Å². The second-order valence-corrected chi connectivity index (χ2v) is 9.15. The van der Waals surface area contributed by atoms with E-state index in [1.165, 1.54) is 0 Å². The number of nitro groups is 1. The van der Waals surface area contributed by atoms with Crippen LogP contribution in [-0.4, -0.2) is 28.0 Å². The highest BCUT2D eigenvalue weighted by atomic mass is 79.9. The van der Waals surface area contributed by atoms with Crippen LogP contribution in [0.2, 0.25) is 0 Å². The van der Waals surface area contributed by atoms with Crippen molar-refractivity contribution in [3.8, 4) is 5.75 Å². The van der Waals surface area contributed by atoms with Gasteiger partial charge in [0.2, 0.25) is 11.9 Å². The quantitative estimate of drug-likeness (QED) is 0.377. The molecular formula is C24H20BrN3O4. The van der Waals surface area contributed by atoms with Crippen LogP contribution < -0.4 is 10.6 Å². The Kier molecular flexibility index (Phi) is 4.98. The molecule has 1 fully saturated rings. The van der Waals surface area contributed by atoms with E-state index in [0.29, 0.717) is 12.1 Å². The minimum atomic E-state index is -1.26. The fourth-order valence-corrected chi connectivity index (χ4v) is 5.40. The van der Waals surface area contributed by atoms with Gasteiger partial charge in [-0.3, -0.25) is 20.2 Å². The summed E-state index contributed by atoms with van der Waals surface area (Å²) in [5.74, 6) is -0.865. The molecule has 0 aromatic heterocycles. The molecule has 3 aromatic rings. The number of phenolic OH excluding ortho intramolecular Hbond substituents is 1. The molecule has 3 aromatic carbocycles. The molecular weight excluding hydrogens is 474 g/mol. The Balaban J connectivity index is 1.67. The van der Waals surface area contributed by atoms with Crippen molar-refractivity contribution in [2.45, 2.75) is 30.0 Å². The van der Waals surface area contributed by atoms with Crippen LogP contribution in [0.15, 0.2) is 77.3 Å². The zero-order chi connectivity index (χ0) is 22.5. The Hall–Kier alpha value is -3.23. The maximum Gasteiger partial charge on any atom is 0.250 e. The molecule has 7 nitrogen and oxygen atoms in total. The molecule has 0 bridgehead atoms. The molecule has 2 aliphatic rings. The molecule has 1 spiro atoms. The SMILES string of the molecule is O=C1Nc2ccccc2C12NC(Cc1ccc(O)cc1)C([N+](=O)[O-])C2c1ccc(Br)cc1. The number of hydrogen-bond acceptors (Lipinski definition) is 5. The van der Waals surface area contributed by atoms with Crippen molar-refractivity contribution in [1.82, 2.24) is 5.32 Å². The van der Waals surface area contributed by atoms with Gasteiger partial charge in [-0.1, -0.05) is 58.4 Å². The minimum absolute atomic E-state index is 0.132. The Morgan fingerprint density at radius 1 is 1.03 bits per heavy atom. The van der Waals surface area contributed by atoms with Gasteiger partial charge in [0, 0.05) is 20.6 Å². The van der Waals surface area contributed by atoms with E-state index in [4.69, 9.17) is 0 Å². The summed E-state index contributed by atoms with van der Waals surface area (Å²) in [6, 6.07) is 19.7. The zero-order valence-electron chi connectivity index (χ0n) is 16.9. The van der Waals surface area contributed by atoms with E-state index in [0.717, 1.165) is 21.2 Å². The van der Waals surface area contributed by atoms with Crippen molar-refractivity contribution in [2.24, 2.45) is 0 Å². The van der Waals surface area contributed by atoms with Crippen LogP contribution in [-0.2, 0) is 16.8 Å². The molecule has 2 heterocycles. The average Bonchev–Trinajstić information content (AvgIpc) is 3.26. The summed E-state index contributed by atoms with van der Waals surface area (Å²) >= 11 is 3.42. The number of halogens is 1. The first-order valence-electron chi connectivity index (χ1n) is 10.3. The number of anilines is 1. The first kappa shape index (κ1) is 20.7. The third-order valence-electron chi connectivity index (χ3n) is 6.46. The van der Waals surface area contributed by atoms with E-state index < -0.39 is 23.5 Å². The van der Waals surface area contributed by atoms with Crippen molar-refractivity contribution >= 4 is 27.5 Å². The Morgan fingerprint density at radius 3 is 2.41 bits per heavy atom. The number of carbonyl (C=O) groups is 1. The number of nitrogens with zero attached hydrogens (tertiary/aromatic N) is 1. The number of nitrogens with one attached hydrogen (secondary N) is 2. The molecule has 4 unspecified atom stereocenters. The fraction of sp³-hybridized carbons (Fsp3) is 0.208. The number of amides is 1. The van der Waals surface area contributed by atoms with Gasteiger partial charge in [0.05, 0.1) is 12.0 Å². The fourth-order valence-electron chi connectivity index (χ4n) is 5.13. The summed E-state index contributed by atoms with van der Waals surface area (Å²) in [5, 5.41) is 28.4. The summed E-state index contributed by atoms with van der Waals surface area (Å²) in [7, 11) is 0. The van der Waals surface area contributed by atoms with Crippen molar-refractivity contribution in [3.05, 3.63) is 104 Å². The van der Waals surface area contributed by atoms with Crippen LogP contribution in [0.4, 0.5) is 5.69 Å². The van der Waals surface area contributed by atoms with Gasteiger partial charge in [0.15, 0.2) is 0 Å². The summed E-state index contributed by atoms with van der Waals surface area (Å²) in [6.07, 6.45) is 0.343. The molecule has 0 saturated carbocycles. The number of para-hydroxylation sites is 1. The second-order valence-electron chi connectivity index (χ2n) is 8.23. The molecule has 2 aliphatic heterocycles. The van der Waals surface area contributed by atoms with Crippen LogP contribution in [0.25, 0.3) is 0 Å². The number of aromatic hydroxyl groups is 1. The largest absolute Gasteiger partial charge is 0.508 e. The summed E-state index contributed by atoms with van der Waals surface area (Å²) in [5.41, 5.74) is 1.69. The third kappa shape index (κ3) is 3.18. The maximum absolute atomic E-state index is 13.5. The predicted octanol–water partition coefficient (Wildman–Crippen LogP) is 3.95. The number of rotatable bonds is 4. The summed E-state index contributed by atoms with van der Waals surface area (Å²) in [6.45, 7) is 0. The van der Waals surface area contributed by atoms with E-state index in [2.05, 4.69) is 26.6 Å². The van der Waals surface area contributed by atoms with E-state index in [1.54, 1.807) is 24.3 Å². The molecule has 1 saturated heterocycles. The lowest BCUT2D eigenvalue weighted by Gasteiger charge is -2.29. The van der Waals surface area contributed by atoms with Gasteiger partial charge in [-0.25, -0.2) is 0 Å². The lowest BCUT2D eigenvalue weighted by atomic mass is 9.74. The van der Waals surface area contributed by atoms with Crippen molar-refractivity contribution in [1.29, 1.82) is 0 Å². The van der Waals surface area contributed by atoms with E-state index >= 15 is 0 Å². The molecule has 162 valence electrons. The normalized spacial score (nSPS) is 26.2. The highest BCUT2D eigenvalue weighted by Gasteiger charge is 2.66. The van der Waals surface area contributed by atoms with Crippen LogP contribution >= 0.6 is 15.9 Å². The standard InChI is InChI=1S/C24H20BrN3O4/c25-16-9-7-15(8-10-16)21-22(28(31)32)20(13-14-5-11-17(29)12-6-14)27-24(21)18-3-1-2-4-19(18)26-23(24)30/h1-12,20-22,27,29H,13H2,(H,26,30). The van der Waals surface area contributed by atoms with E-state index in [1.807, 2.05) is 48.5 Å². The first-order valence-corrected chi connectivity index (χ1v) is 11.0. The summed E-state index contributed by atoms with van der Waals surface area (Å²) < 4.78 is 0.857. The highest BCUT2D eigenvalue weighted by molar-refractivity contribution is 9.10. The van der Waals surface area contributed by atoms with Crippen LogP contribution in [0.1, 0.15) is 22.6 Å². The molecule has 1 amide bonds. The van der Waals surface area contributed by atoms with Gasteiger partial charge in [-0.15, -0.1) is 0 Å². The first-order chi connectivity index (χ1) is 15.4. The van der Waals surface area contributed by atoms with Gasteiger partial charge in [0.1, 0.15) is 11.3 Å². The highest BCUT2D eigenvalue weighted by Crippen LogP contribution is 2.52. The maximum atomic E-state index is 13.5. The van der Waals surface area contributed by atoms with Gasteiger partial charge < -0.3 is 10.4 Å². The van der Waals surface area contributed by atoms with Crippen molar-refractivity contribution in [3.63, 3.8) is 0 Å². The van der Waals surface area contributed by atoms with Gasteiger partial charge in [-0.2, -0.15) is 0 Å². The van der Waals surface area contributed by atoms with E-state index in [9.17, 15) is 20.0 Å². The number of carbonyl (C=O) groups excluding carboxylic acids is 1. The van der Waals surface area contributed by atoms with Crippen molar-refractivity contribution in [2.75, 3.05) is 5.32 Å². The molecule has 0 aliphatic carbocycles. The van der Waals surface area contributed by atoms with E-state index in [-0.39, 0.29) is 16.6 Å². The minimum Gasteiger partial charge on any atom is -0.508 e. The number of fused-ring (bicyclic) bond motifs is 2. The zero-order valence-corrected chi connectivity index (χ0v) is 18.5. The number of phenols is 1. The van der Waals surface area contributed by atoms with Crippen LogP contribution in [0.5, 0.6) is 5.75 Å². The third-order valence-corrected chi connectivity index (χ3v) is 6.98. The number of hydrogen-bond donors (Lipinski definition) is 3. The molecule has 0 radical (unpaired) electrons. The Bertz CT molecular complexity index is 1200.